The van der Waals surface area contributed by atoms with Crippen molar-refractivity contribution in [1.82, 2.24) is 5.32 Å². The average Bonchev–Trinajstić information content (AvgIpc) is 2.48. The van der Waals surface area contributed by atoms with Crippen molar-refractivity contribution in [3.8, 4) is 5.75 Å². The predicted molar refractivity (Wildman–Crippen MR) is 90.9 cm³/mol. The molecular weight excluding hydrogens is 375 g/mol. The number of esters is 1. The van der Waals surface area contributed by atoms with Gasteiger partial charge >= 0.3 is 18.1 Å². The van der Waals surface area contributed by atoms with Crippen LogP contribution in [0.4, 0.5) is 13.2 Å². The summed E-state index contributed by atoms with van der Waals surface area (Å²) in [6.07, 6.45) is -3.80. The van der Waals surface area contributed by atoms with Gasteiger partial charge in [0, 0.05) is 10.6 Å². The van der Waals surface area contributed by atoms with Crippen molar-refractivity contribution in [2.24, 2.45) is 0 Å². The van der Waals surface area contributed by atoms with Gasteiger partial charge in [-0.1, -0.05) is 11.6 Å². The Bertz CT molecular complexity index is 709. The molecule has 0 radical (unpaired) electrons. The molecule has 0 spiro atoms. The Morgan fingerprint density at radius 3 is 2.35 bits per heavy atom. The molecule has 0 heterocycles. The predicted octanol–water partition coefficient (Wildman–Crippen LogP) is 3.75. The van der Waals surface area contributed by atoms with E-state index in [1.807, 2.05) is 0 Å². The van der Waals surface area contributed by atoms with Gasteiger partial charge in [0.05, 0.1) is 19.2 Å². The molecule has 26 heavy (non-hydrogen) atoms. The normalized spacial score (nSPS) is 12.5. The first-order valence-corrected chi connectivity index (χ1v) is 7.84. The maximum absolute atomic E-state index is 12.4. The van der Waals surface area contributed by atoms with Gasteiger partial charge in [0.15, 0.2) is 0 Å². The summed E-state index contributed by atoms with van der Waals surface area (Å²) in [5.74, 6) is -2.69. The van der Waals surface area contributed by atoms with Gasteiger partial charge in [-0.2, -0.15) is 13.2 Å². The molecule has 1 aromatic rings. The van der Waals surface area contributed by atoms with E-state index in [-0.39, 0.29) is 5.57 Å². The van der Waals surface area contributed by atoms with Crippen molar-refractivity contribution in [3.05, 3.63) is 34.4 Å². The first kappa shape index (κ1) is 21.8. The summed E-state index contributed by atoms with van der Waals surface area (Å²) < 4.78 is 47.5. The van der Waals surface area contributed by atoms with Crippen LogP contribution in [0.3, 0.4) is 0 Å². The van der Waals surface area contributed by atoms with E-state index in [1.54, 1.807) is 32.2 Å². The monoisotopic (exact) mass is 393 g/mol. The topological polar surface area (TPSA) is 64.6 Å². The summed E-state index contributed by atoms with van der Waals surface area (Å²) in [6, 6.07) is 4.56. The fourth-order valence-electron chi connectivity index (χ4n) is 1.81. The lowest BCUT2D eigenvalue weighted by atomic mass is 10.1. The van der Waals surface area contributed by atoms with Crippen LogP contribution in [0.2, 0.25) is 5.02 Å². The van der Waals surface area contributed by atoms with E-state index in [4.69, 9.17) is 21.1 Å². The van der Waals surface area contributed by atoms with Gasteiger partial charge in [-0.25, -0.2) is 4.79 Å². The Labute approximate surface area is 154 Å². The van der Waals surface area contributed by atoms with Crippen LogP contribution in [-0.4, -0.2) is 37.3 Å². The molecule has 0 atom stereocenters. The molecule has 144 valence electrons. The van der Waals surface area contributed by atoms with Gasteiger partial charge < -0.3 is 14.8 Å². The second-order valence-electron chi connectivity index (χ2n) is 6.24. The van der Waals surface area contributed by atoms with E-state index in [9.17, 15) is 22.8 Å². The van der Waals surface area contributed by atoms with Crippen molar-refractivity contribution >= 4 is 29.6 Å². The van der Waals surface area contributed by atoms with Crippen LogP contribution in [-0.2, 0) is 14.3 Å². The van der Waals surface area contributed by atoms with Crippen LogP contribution < -0.4 is 10.1 Å². The molecule has 0 saturated carbocycles. The quantitative estimate of drug-likeness (QED) is 0.611. The molecule has 5 nitrogen and oxygen atoms in total. The molecule has 0 aliphatic carbocycles. The molecule has 0 saturated heterocycles. The lowest BCUT2D eigenvalue weighted by molar-refractivity contribution is -0.173. The maximum Gasteiger partial charge on any atom is 0.471 e. The third-order valence-electron chi connectivity index (χ3n) is 2.88. The van der Waals surface area contributed by atoms with E-state index in [0.29, 0.717) is 16.3 Å². The van der Waals surface area contributed by atoms with Gasteiger partial charge in [-0.15, -0.1) is 0 Å². The van der Waals surface area contributed by atoms with Gasteiger partial charge in [0.25, 0.3) is 0 Å². The number of methoxy groups -OCH3 is 1. The third-order valence-corrected chi connectivity index (χ3v) is 3.11. The summed E-state index contributed by atoms with van der Waals surface area (Å²) in [7, 11) is 1.39. The molecule has 0 fully saturated rings. The standard InChI is InChI=1S/C17H19ClF3NO4/c1-16(2,3)26-14(23)11(9-22-15(24)17(19,20)21)7-10-8-12(18)5-6-13(10)25-4/h5-8H,9H2,1-4H3,(H,22,24). The Morgan fingerprint density at radius 2 is 1.85 bits per heavy atom. The zero-order valence-electron chi connectivity index (χ0n) is 14.7. The van der Waals surface area contributed by atoms with Crippen molar-refractivity contribution in [3.63, 3.8) is 0 Å². The van der Waals surface area contributed by atoms with Crippen molar-refractivity contribution in [1.29, 1.82) is 0 Å². The highest BCUT2D eigenvalue weighted by Gasteiger charge is 2.38. The smallest absolute Gasteiger partial charge is 0.471 e. The SMILES string of the molecule is COc1ccc(Cl)cc1C=C(CNC(=O)C(F)(F)F)C(=O)OC(C)(C)C. The number of benzene rings is 1. The van der Waals surface area contributed by atoms with Crippen molar-refractivity contribution < 1.29 is 32.2 Å². The summed E-state index contributed by atoms with van der Waals surface area (Å²) in [5.41, 5.74) is -0.719. The third kappa shape index (κ3) is 6.95. The number of hydrogen-bond acceptors (Lipinski definition) is 4. The Hall–Kier alpha value is -2.22. The first-order valence-electron chi connectivity index (χ1n) is 7.46. The van der Waals surface area contributed by atoms with E-state index in [0.717, 1.165) is 0 Å². The van der Waals surface area contributed by atoms with Gasteiger partial charge in [-0.05, 0) is 45.0 Å². The van der Waals surface area contributed by atoms with Crippen LogP contribution in [0, 0.1) is 0 Å². The van der Waals surface area contributed by atoms with Gasteiger partial charge in [0.1, 0.15) is 11.4 Å². The number of alkyl halides is 3. The van der Waals surface area contributed by atoms with Crippen LogP contribution in [0.15, 0.2) is 23.8 Å². The molecule has 9 heteroatoms. The Balaban J connectivity index is 3.21. The largest absolute Gasteiger partial charge is 0.496 e. The lowest BCUT2D eigenvalue weighted by Crippen LogP contribution is -2.39. The Morgan fingerprint density at radius 1 is 1.23 bits per heavy atom. The van der Waals surface area contributed by atoms with Crippen LogP contribution in [0.1, 0.15) is 26.3 Å². The molecule has 1 amide bonds. The van der Waals surface area contributed by atoms with E-state index in [2.05, 4.69) is 0 Å². The molecule has 0 aliphatic rings. The molecule has 0 aliphatic heterocycles. The zero-order valence-corrected chi connectivity index (χ0v) is 15.4. The molecule has 0 bridgehead atoms. The van der Waals surface area contributed by atoms with Crippen LogP contribution in [0.5, 0.6) is 5.75 Å². The second-order valence-corrected chi connectivity index (χ2v) is 6.67. The minimum absolute atomic E-state index is 0.196. The van der Waals surface area contributed by atoms with Gasteiger partial charge in [-0.3, -0.25) is 4.79 Å². The maximum atomic E-state index is 12.4. The zero-order chi connectivity index (χ0) is 20.1. The summed E-state index contributed by atoms with van der Waals surface area (Å²) in [5, 5.41) is 1.99. The number of amides is 1. The molecule has 0 aromatic heterocycles. The highest BCUT2D eigenvalue weighted by atomic mass is 35.5. The summed E-state index contributed by atoms with van der Waals surface area (Å²) in [6.45, 7) is 4.15. The number of ether oxygens (including phenoxy) is 2. The Kier molecular flexibility index (Phi) is 7.08. The second kappa shape index (κ2) is 8.44. The number of nitrogens with one attached hydrogen (secondary N) is 1. The average molecular weight is 394 g/mol. The molecule has 0 unspecified atom stereocenters. The fourth-order valence-corrected chi connectivity index (χ4v) is 1.99. The number of carbonyl (C=O) groups is 2. The highest BCUT2D eigenvalue weighted by Crippen LogP contribution is 2.26. The number of carbonyl (C=O) groups excluding carboxylic acids is 2. The van der Waals surface area contributed by atoms with Gasteiger partial charge in [0.2, 0.25) is 0 Å². The summed E-state index contributed by atoms with van der Waals surface area (Å²) in [4.78, 5) is 23.4. The van der Waals surface area contributed by atoms with E-state index in [1.165, 1.54) is 25.3 Å². The first-order chi connectivity index (χ1) is 11.8. The van der Waals surface area contributed by atoms with Crippen molar-refractivity contribution in [2.75, 3.05) is 13.7 Å². The highest BCUT2D eigenvalue weighted by molar-refractivity contribution is 6.30. The molecular formula is C17H19ClF3NO4. The number of halogens is 4. The minimum Gasteiger partial charge on any atom is -0.496 e. The van der Waals surface area contributed by atoms with Crippen LogP contribution >= 0.6 is 11.6 Å². The van der Waals surface area contributed by atoms with Crippen LogP contribution in [0.25, 0.3) is 6.08 Å². The number of rotatable bonds is 5. The molecule has 1 rings (SSSR count). The van der Waals surface area contributed by atoms with E-state index < -0.39 is 30.2 Å². The summed E-state index contributed by atoms with van der Waals surface area (Å²) >= 11 is 5.91. The molecule has 1 aromatic carbocycles. The minimum atomic E-state index is -5.06. The lowest BCUT2D eigenvalue weighted by Gasteiger charge is -2.21. The van der Waals surface area contributed by atoms with Crippen molar-refractivity contribution in [2.45, 2.75) is 32.5 Å². The number of hydrogen-bond donors (Lipinski definition) is 1. The fraction of sp³-hybridized carbons (Fsp3) is 0.412. The molecule has 1 N–H and O–H groups in total. The van der Waals surface area contributed by atoms with E-state index >= 15 is 0 Å².